The molecule has 0 saturated carbocycles. The summed E-state index contributed by atoms with van der Waals surface area (Å²) in [6.45, 7) is 9.27. The maximum absolute atomic E-state index is 11.8. The van der Waals surface area contributed by atoms with Gasteiger partial charge in [-0.05, 0) is 12.8 Å². The van der Waals surface area contributed by atoms with Crippen LogP contribution in [0.4, 0.5) is 0 Å². The van der Waals surface area contributed by atoms with Crippen LogP contribution >= 0.6 is 0 Å². The molecule has 0 aliphatic rings. The lowest BCUT2D eigenvalue weighted by Crippen LogP contribution is -2.33. The number of esters is 1. The second-order valence-electron chi connectivity index (χ2n) is 8.26. The minimum absolute atomic E-state index is 0.140. The second-order valence-corrected chi connectivity index (χ2v) is 8.26. The van der Waals surface area contributed by atoms with Gasteiger partial charge >= 0.3 is 11.9 Å². The van der Waals surface area contributed by atoms with Gasteiger partial charge in [-0.3, -0.25) is 9.59 Å². The summed E-state index contributed by atoms with van der Waals surface area (Å²) in [4.78, 5) is 23.6. The zero-order valence-corrected chi connectivity index (χ0v) is 18.8. The Kier molecular flexibility index (Phi) is 17.4. The van der Waals surface area contributed by atoms with Crippen molar-refractivity contribution >= 4 is 11.9 Å². The number of hydrogen-bond acceptors (Lipinski definition) is 3. The van der Waals surface area contributed by atoms with Gasteiger partial charge in [-0.2, -0.15) is 0 Å². The van der Waals surface area contributed by atoms with Crippen LogP contribution in [0.1, 0.15) is 116 Å². The summed E-state index contributed by atoms with van der Waals surface area (Å²) in [5.74, 6) is -1.50. The summed E-state index contributed by atoms with van der Waals surface area (Å²) in [6, 6.07) is 0. The number of carbonyl (C=O) groups is 2. The fraction of sp³-hybridized carbons (Fsp3) is 0.760. The van der Waals surface area contributed by atoms with Crippen molar-refractivity contribution in [3.8, 4) is 0 Å². The van der Waals surface area contributed by atoms with E-state index in [1.165, 1.54) is 70.6 Å². The number of aliphatic carboxylic acids is 1. The van der Waals surface area contributed by atoms with Crippen LogP contribution in [0.5, 0.6) is 0 Å². The highest BCUT2D eigenvalue weighted by molar-refractivity contribution is 5.82. The third-order valence-corrected chi connectivity index (χ3v) is 5.70. The molecule has 0 saturated heterocycles. The minimum Gasteiger partial charge on any atom is -0.481 e. The number of ether oxygens (including phenoxy) is 1. The van der Waals surface area contributed by atoms with E-state index in [-0.39, 0.29) is 12.8 Å². The first-order valence-electron chi connectivity index (χ1n) is 11.7. The SMILES string of the molecule is C=CCC(CCCCCCCCCCCCCCCC)(CC(=O)OC=C)C(=O)O. The third kappa shape index (κ3) is 14.1. The number of carboxylic acids is 1. The zero-order chi connectivity index (χ0) is 21.8. The monoisotopic (exact) mass is 408 g/mol. The van der Waals surface area contributed by atoms with Crippen LogP contribution in [0.3, 0.4) is 0 Å². The van der Waals surface area contributed by atoms with Gasteiger partial charge in [0, 0.05) is 0 Å². The van der Waals surface area contributed by atoms with E-state index < -0.39 is 17.4 Å². The lowest BCUT2D eigenvalue weighted by Gasteiger charge is -2.27. The van der Waals surface area contributed by atoms with Crippen molar-refractivity contribution in [3.05, 3.63) is 25.5 Å². The maximum Gasteiger partial charge on any atom is 0.311 e. The number of carboxylic acid groups (broad SMARTS) is 1. The molecule has 0 amide bonds. The summed E-state index contributed by atoms with van der Waals surface area (Å²) in [6.07, 6.45) is 20.9. The molecule has 0 heterocycles. The molecule has 0 bridgehead atoms. The Morgan fingerprint density at radius 2 is 1.28 bits per heavy atom. The largest absolute Gasteiger partial charge is 0.481 e. The Hall–Kier alpha value is -1.58. The van der Waals surface area contributed by atoms with E-state index in [0.29, 0.717) is 6.42 Å². The van der Waals surface area contributed by atoms with E-state index >= 15 is 0 Å². The molecule has 0 radical (unpaired) electrons. The molecule has 0 aromatic rings. The highest BCUT2D eigenvalue weighted by Gasteiger charge is 2.39. The van der Waals surface area contributed by atoms with Crippen molar-refractivity contribution in [3.63, 3.8) is 0 Å². The first-order valence-corrected chi connectivity index (χ1v) is 11.7. The number of carbonyl (C=O) groups excluding carboxylic acids is 1. The summed E-state index contributed by atoms with van der Waals surface area (Å²) in [5.41, 5.74) is -1.11. The first-order chi connectivity index (χ1) is 14.0. The molecule has 1 unspecified atom stereocenters. The van der Waals surface area contributed by atoms with E-state index in [9.17, 15) is 14.7 Å². The van der Waals surface area contributed by atoms with Gasteiger partial charge in [-0.15, -0.1) is 6.58 Å². The average molecular weight is 409 g/mol. The topological polar surface area (TPSA) is 63.6 Å². The van der Waals surface area contributed by atoms with Gasteiger partial charge in [-0.1, -0.05) is 109 Å². The van der Waals surface area contributed by atoms with Gasteiger partial charge in [0.05, 0.1) is 18.1 Å². The van der Waals surface area contributed by atoms with E-state index in [1.807, 2.05) is 0 Å². The van der Waals surface area contributed by atoms with Gasteiger partial charge < -0.3 is 9.84 Å². The maximum atomic E-state index is 11.8. The smallest absolute Gasteiger partial charge is 0.311 e. The van der Waals surface area contributed by atoms with E-state index in [1.54, 1.807) is 6.08 Å². The van der Waals surface area contributed by atoms with Gasteiger partial charge in [0.1, 0.15) is 0 Å². The predicted molar refractivity (Wildman–Crippen MR) is 121 cm³/mol. The van der Waals surface area contributed by atoms with Crippen LogP contribution in [-0.4, -0.2) is 17.0 Å². The standard InChI is InChI=1S/C25H44O4/c1-4-7-8-9-10-11-12-13-14-15-16-17-18-19-21-25(20-5-2,24(27)28)22-23(26)29-6-3/h5-6H,2-4,7-22H2,1H3,(H,27,28). The fourth-order valence-electron chi connectivity index (χ4n) is 3.88. The average Bonchev–Trinajstić information content (AvgIpc) is 2.68. The van der Waals surface area contributed by atoms with Gasteiger partial charge in [0.15, 0.2) is 0 Å². The van der Waals surface area contributed by atoms with Crippen molar-refractivity contribution in [2.75, 3.05) is 0 Å². The second kappa shape index (κ2) is 18.4. The van der Waals surface area contributed by atoms with Crippen molar-refractivity contribution in [2.45, 2.75) is 116 Å². The predicted octanol–water partition coefficient (Wildman–Crippen LogP) is 7.58. The van der Waals surface area contributed by atoms with Gasteiger partial charge in [0.2, 0.25) is 0 Å². The molecule has 168 valence electrons. The number of rotatable bonds is 21. The molecule has 0 spiro atoms. The zero-order valence-electron chi connectivity index (χ0n) is 18.8. The molecular formula is C25H44O4. The fourth-order valence-corrected chi connectivity index (χ4v) is 3.88. The molecule has 0 aliphatic heterocycles. The van der Waals surface area contributed by atoms with E-state index in [4.69, 9.17) is 4.74 Å². The molecule has 0 aromatic heterocycles. The van der Waals surface area contributed by atoms with Crippen LogP contribution in [0.15, 0.2) is 25.5 Å². The Labute approximate surface area is 178 Å². The van der Waals surface area contributed by atoms with Crippen LogP contribution in [0, 0.1) is 5.41 Å². The molecule has 1 N–H and O–H groups in total. The van der Waals surface area contributed by atoms with Crippen molar-refractivity contribution < 1.29 is 19.4 Å². The number of hydrogen-bond donors (Lipinski definition) is 1. The number of allylic oxidation sites excluding steroid dienone is 1. The van der Waals surface area contributed by atoms with Gasteiger partial charge in [-0.25, -0.2) is 0 Å². The van der Waals surface area contributed by atoms with Gasteiger partial charge in [0.25, 0.3) is 0 Å². The molecule has 4 heteroatoms. The molecule has 29 heavy (non-hydrogen) atoms. The lowest BCUT2D eigenvalue weighted by molar-refractivity contribution is -0.156. The molecule has 0 fully saturated rings. The van der Waals surface area contributed by atoms with Crippen molar-refractivity contribution in [2.24, 2.45) is 5.41 Å². The number of unbranched alkanes of at least 4 members (excludes halogenated alkanes) is 13. The van der Waals surface area contributed by atoms with Crippen molar-refractivity contribution in [1.82, 2.24) is 0 Å². The van der Waals surface area contributed by atoms with Crippen LogP contribution < -0.4 is 0 Å². The first kappa shape index (κ1) is 27.4. The Morgan fingerprint density at radius 1 is 0.828 bits per heavy atom. The molecule has 1 atom stereocenters. The Bertz CT molecular complexity index is 458. The molecule has 4 nitrogen and oxygen atoms in total. The quantitative estimate of drug-likeness (QED) is 0.0920. The molecule has 0 rings (SSSR count). The summed E-state index contributed by atoms with van der Waals surface area (Å²) in [7, 11) is 0. The van der Waals surface area contributed by atoms with E-state index in [2.05, 4.69) is 20.1 Å². The molecule has 0 aliphatic carbocycles. The summed E-state index contributed by atoms with van der Waals surface area (Å²) < 4.78 is 4.75. The van der Waals surface area contributed by atoms with Crippen LogP contribution in [0.25, 0.3) is 0 Å². The van der Waals surface area contributed by atoms with Crippen molar-refractivity contribution in [1.29, 1.82) is 0 Å². The lowest BCUT2D eigenvalue weighted by atomic mass is 9.76. The van der Waals surface area contributed by atoms with Crippen LogP contribution in [-0.2, 0) is 14.3 Å². The molecule has 0 aromatic carbocycles. The normalized spacial score (nSPS) is 12.9. The molecular weight excluding hydrogens is 364 g/mol. The minimum atomic E-state index is -1.11. The summed E-state index contributed by atoms with van der Waals surface area (Å²) in [5, 5.41) is 9.69. The van der Waals surface area contributed by atoms with E-state index in [0.717, 1.165) is 25.5 Å². The third-order valence-electron chi connectivity index (χ3n) is 5.70. The summed E-state index contributed by atoms with van der Waals surface area (Å²) >= 11 is 0. The highest BCUT2D eigenvalue weighted by Crippen LogP contribution is 2.35. The Balaban J connectivity index is 3.90. The highest BCUT2D eigenvalue weighted by atomic mass is 16.5. The Morgan fingerprint density at radius 3 is 1.66 bits per heavy atom. The van der Waals surface area contributed by atoms with Crippen LogP contribution in [0.2, 0.25) is 0 Å².